The molecular weight excluding hydrogens is 200 g/mol. The maximum atomic E-state index is 11.2. The first-order chi connectivity index (χ1) is 6.87. The van der Waals surface area contributed by atoms with Gasteiger partial charge in [-0.2, -0.15) is 9.78 Å². The fourth-order valence-electron chi connectivity index (χ4n) is 0.891. The lowest BCUT2D eigenvalue weighted by Gasteiger charge is -2.19. The molecule has 0 aliphatic carbocycles. The van der Waals surface area contributed by atoms with Crippen molar-refractivity contribution >= 4 is 6.16 Å². The molecule has 86 valence electrons. The Hall–Kier alpha value is -1.07. The van der Waals surface area contributed by atoms with Crippen molar-refractivity contribution in [1.29, 1.82) is 0 Å². The molecule has 0 amide bonds. The van der Waals surface area contributed by atoms with Crippen molar-refractivity contribution < 1.29 is 24.0 Å². The smallest absolute Gasteiger partial charge is 0.428 e. The largest absolute Gasteiger partial charge is 0.513 e. The zero-order valence-electron chi connectivity index (χ0n) is 9.24. The summed E-state index contributed by atoms with van der Waals surface area (Å²) in [5.41, 5.74) is -0.592. The standard InChI is InChI=1S/C10H16O5/c1-5-6-7-10(14-15-10)13-8(11)12-9(2,3)4/h5H,1,6-7H2,2-4H3. The summed E-state index contributed by atoms with van der Waals surface area (Å²) in [6, 6.07) is 0. The number of carbonyl (C=O) groups excluding carboxylic acids is 1. The zero-order chi connectivity index (χ0) is 11.5. The molecular formula is C10H16O5. The summed E-state index contributed by atoms with van der Waals surface area (Å²) in [7, 11) is 0. The van der Waals surface area contributed by atoms with Gasteiger partial charge in [-0.25, -0.2) is 4.79 Å². The van der Waals surface area contributed by atoms with E-state index in [-0.39, 0.29) is 0 Å². The Morgan fingerprint density at radius 1 is 1.47 bits per heavy atom. The molecule has 0 radical (unpaired) electrons. The highest BCUT2D eigenvalue weighted by Crippen LogP contribution is 2.36. The summed E-state index contributed by atoms with van der Waals surface area (Å²) in [5, 5.41) is 0. The molecule has 0 aromatic carbocycles. The van der Waals surface area contributed by atoms with Gasteiger partial charge in [0.15, 0.2) is 0 Å². The third kappa shape index (κ3) is 4.31. The monoisotopic (exact) mass is 216 g/mol. The predicted molar refractivity (Wildman–Crippen MR) is 51.7 cm³/mol. The maximum absolute atomic E-state index is 11.2. The maximum Gasteiger partial charge on any atom is 0.513 e. The quantitative estimate of drug-likeness (QED) is 0.313. The average molecular weight is 216 g/mol. The van der Waals surface area contributed by atoms with E-state index in [1.807, 2.05) is 0 Å². The number of hydrogen-bond donors (Lipinski definition) is 0. The summed E-state index contributed by atoms with van der Waals surface area (Å²) in [6.07, 6.45) is 1.92. The topological polar surface area (TPSA) is 60.6 Å². The van der Waals surface area contributed by atoms with Crippen molar-refractivity contribution in [1.82, 2.24) is 0 Å². The van der Waals surface area contributed by atoms with E-state index < -0.39 is 17.7 Å². The molecule has 1 fully saturated rings. The van der Waals surface area contributed by atoms with Crippen LogP contribution in [-0.4, -0.2) is 17.7 Å². The molecule has 1 saturated heterocycles. The molecule has 5 nitrogen and oxygen atoms in total. The van der Waals surface area contributed by atoms with Crippen LogP contribution in [0.4, 0.5) is 4.79 Å². The van der Waals surface area contributed by atoms with Crippen LogP contribution in [0.1, 0.15) is 33.6 Å². The Kier molecular flexibility index (Phi) is 3.36. The lowest BCUT2D eigenvalue weighted by Crippen LogP contribution is -2.29. The summed E-state index contributed by atoms with van der Waals surface area (Å²) in [5.74, 6) is -1.25. The first-order valence-electron chi connectivity index (χ1n) is 4.77. The highest BCUT2D eigenvalue weighted by atomic mass is 17.5. The van der Waals surface area contributed by atoms with Gasteiger partial charge in [0.1, 0.15) is 5.60 Å². The minimum absolute atomic E-state index is 0.412. The normalized spacial score (nSPS) is 18.1. The van der Waals surface area contributed by atoms with Gasteiger partial charge in [-0.15, -0.1) is 6.58 Å². The van der Waals surface area contributed by atoms with Gasteiger partial charge in [0, 0.05) is 0 Å². The highest BCUT2D eigenvalue weighted by Gasteiger charge is 2.54. The molecule has 0 N–H and O–H groups in total. The van der Waals surface area contributed by atoms with E-state index in [0.717, 1.165) is 0 Å². The Morgan fingerprint density at radius 2 is 2.07 bits per heavy atom. The van der Waals surface area contributed by atoms with E-state index in [1.165, 1.54) is 0 Å². The van der Waals surface area contributed by atoms with Gasteiger partial charge in [-0.1, -0.05) is 6.08 Å². The van der Waals surface area contributed by atoms with Gasteiger partial charge >= 0.3 is 12.1 Å². The zero-order valence-corrected chi connectivity index (χ0v) is 9.24. The van der Waals surface area contributed by atoms with Crippen molar-refractivity contribution in [3.63, 3.8) is 0 Å². The SMILES string of the molecule is C=CCCC1(OC(=O)OC(C)(C)C)OO1. The van der Waals surface area contributed by atoms with Gasteiger partial charge in [0.25, 0.3) is 0 Å². The van der Waals surface area contributed by atoms with Gasteiger partial charge in [-0.3, -0.25) is 0 Å². The van der Waals surface area contributed by atoms with Crippen molar-refractivity contribution in [2.24, 2.45) is 0 Å². The average Bonchev–Trinajstić information content (AvgIpc) is 2.78. The van der Waals surface area contributed by atoms with Crippen LogP contribution in [-0.2, 0) is 19.2 Å². The van der Waals surface area contributed by atoms with Crippen LogP contribution < -0.4 is 0 Å². The van der Waals surface area contributed by atoms with Gasteiger partial charge in [-0.05, 0) is 27.2 Å². The molecule has 0 spiro atoms. The van der Waals surface area contributed by atoms with Crippen LogP contribution in [0.3, 0.4) is 0 Å². The second kappa shape index (κ2) is 4.20. The van der Waals surface area contributed by atoms with Crippen LogP contribution in [0.5, 0.6) is 0 Å². The van der Waals surface area contributed by atoms with Crippen molar-refractivity contribution in [3.8, 4) is 0 Å². The van der Waals surface area contributed by atoms with Gasteiger partial charge < -0.3 is 9.47 Å². The molecule has 0 aromatic rings. The van der Waals surface area contributed by atoms with Crippen molar-refractivity contribution in [2.75, 3.05) is 0 Å². The fraction of sp³-hybridized carbons (Fsp3) is 0.700. The van der Waals surface area contributed by atoms with Crippen LogP contribution in [0.25, 0.3) is 0 Å². The molecule has 0 bridgehead atoms. The number of carbonyl (C=O) groups is 1. The highest BCUT2D eigenvalue weighted by molar-refractivity contribution is 5.61. The van der Waals surface area contributed by atoms with E-state index in [2.05, 4.69) is 16.4 Å². The Bertz CT molecular complexity index is 249. The van der Waals surface area contributed by atoms with Gasteiger partial charge in [0.05, 0.1) is 6.42 Å². The fourth-order valence-corrected chi connectivity index (χ4v) is 0.891. The Balaban J connectivity index is 2.34. The number of ether oxygens (including phenoxy) is 2. The second-order valence-corrected chi connectivity index (χ2v) is 4.24. The molecule has 1 heterocycles. The Morgan fingerprint density at radius 3 is 2.47 bits per heavy atom. The molecule has 0 saturated carbocycles. The van der Waals surface area contributed by atoms with E-state index in [1.54, 1.807) is 26.8 Å². The summed E-state index contributed by atoms with van der Waals surface area (Å²) >= 11 is 0. The van der Waals surface area contributed by atoms with Crippen LogP contribution in [0.2, 0.25) is 0 Å². The molecule has 1 aliphatic heterocycles. The van der Waals surface area contributed by atoms with Crippen LogP contribution in [0, 0.1) is 0 Å². The van der Waals surface area contributed by atoms with Crippen molar-refractivity contribution in [2.45, 2.75) is 45.2 Å². The van der Waals surface area contributed by atoms with E-state index in [4.69, 9.17) is 9.47 Å². The number of allylic oxidation sites excluding steroid dienone is 1. The van der Waals surface area contributed by atoms with E-state index >= 15 is 0 Å². The first-order valence-corrected chi connectivity index (χ1v) is 4.77. The minimum Gasteiger partial charge on any atom is -0.428 e. The second-order valence-electron chi connectivity index (χ2n) is 4.24. The summed E-state index contributed by atoms with van der Waals surface area (Å²) in [6.45, 7) is 8.80. The summed E-state index contributed by atoms with van der Waals surface area (Å²) in [4.78, 5) is 20.5. The lowest BCUT2D eigenvalue weighted by molar-refractivity contribution is -0.0739. The number of rotatable bonds is 4. The third-order valence-corrected chi connectivity index (χ3v) is 1.55. The molecule has 0 atom stereocenters. The van der Waals surface area contributed by atoms with Crippen LogP contribution in [0.15, 0.2) is 12.7 Å². The molecule has 1 rings (SSSR count). The Labute approximate surface area is 88.9 Å². The van der Waals surface area contributed by atoms with E-state index in [9.17, 15) is 4.79 Å². The van der Waals surface area contributed by atoms with Crippen molar-refractivity contribution in [3.05, 3.63) is 12.7 Å². The minimum atomic E-state index is -1.25. The molecule has 1 aliphatic rings. The molecule has 5 heteroatoms. The summed E-state index contributed by atoms with van der Waals surface area (Å²) < 4.78 is 9.82. The first kappa shape index (κ1) is 12.0. The third-order valence-electron chi connectivity index (χ3n) is 1.55. The van der Waals surface area contributed by atoms with E-state index in [0.29, 0.717) is 12.8 Å². The molecule has 0 aromatic heterocycles. The number of hydrogen-bond acceptors (Lipinski definition) is 5. The van der Waals surface area contributed by atoms with Crippen LogP contribution >= 0.6 is 0 Å². The lowest BCUT2D eigenvalue weighted by atomic mass is 10.2. The molecule has 15 heavy (non-hydrogen) atoms. The predicted octanol–water partition coefficient (Wildman–Crippen LogP) is 2.52. The van der Waals surface area contributed by atoms with Gasteiger partial charge in [0.2, 0.25) is 0 Å². The molecule has 0 unspecified atom stereocenters.